The van der Waals surface area contributed by atoms with Crippen molar-refractivity contribution in [3.8, 4) is 0 Å². The molecular weight excluding hydrogens is 342 g/mol. The summed E-state index contributed by atoms with van der Waals surface area (Å²) >= 11 is 0. The van der Waals surface area contributed by atoms with E-state index in [-0.39, 0.29) is 0 Å². The Labute approximate surface area is 169 Å². The molecule has 0 amide bonds. The van der Waals surface area contributed by atoms with Gasteiger partial charge in [0.1, 0.15) is 0 Å². The van der Waals surface area contributed by atoms with Gasteiger partial charge in [-0.25, -0.2) is 0 Å². The van der Waals surface area contributed by atoms with E-state index in [1.54, 1.807) is 0 Å². The van der Waals surface area contributed by atoms with Gasteiger partial charge in [0.05, 0.1) is 5.71 Å². The average Bonchev–Trinajstić information content (AvgIpc) is 2.70. The van der Waals surface area contributed by atoms with Crippen LogP contribution in [-0.4, -0.2) is 40.4 Å². The van der Waals surface area contributed by atoms with Crippen molar-refractivity contribution in [3.05, 3.63) is 89.5 Å². The Bertz CT molecular complexity index is 853. The maximum atomic E-state index is 4.49. The Morgan fingerprint density at radius 1 is 0.679 bits per heavy atom. The zero-order chi connectivity index (χ0) is 20.1. The summed E-state index contributed by atoms with van der Waals surface area (Å²) in [5.74, 6) is 0. The molecule has 0 fully saturated rings. The second-order valence-electron chi connectivity index (χ2n) is 7.28. The predicted octanol–water partition coefficient (Wildman–Crippen LogP) is 5.21. The van der Waals surface area contributed by atoms with E-state index >= 15 is 0 Å². The van der Waals surface area contributed by atoms with Crippen LogP contribution in [0.1, 0.15) is 18.1 Å². The third-order valence-electron chi connectivity index (χ3n) is 4.84. The van der Waals surface area contributed by atoms with Crippen molar-refractivity contribution in [1.29, 1.82) is 0 Å². The number of benzene rings is 2. The van der Waals surface area contributed by atoms with Gasteiger partial charge in [0.2, 0.25) is 0 Å². The molecule has 3 nitrogen and oxygen atoms in total. The van der Waals surface area contributed by atoms with Gasteiger partial charge in [0.15, 0.2) is 0 Å². The fourth-order valence-electron chi connectivity index (χ4n) is 3.27. The molecule has 0 radical (unpaired) electrons. The van der Waals surface area contributed by atoms with Crippen LogP contribution in [0.3, 0.4) is 0 Å². The molecule has 2 aromatic rings. The molecule has 0 aliphatic heterocycles. The minimum Gasteiger partial charge on any atom is -0.378 e. The lowest BCUT2D eigenvalue weighted by atomic mass is 9.90. The zero-order valence-corrected chi connectivity index (χ0v) is 17.5. The normalized spacial score (nSPS) is 12.9. The molecule has 3 rings (SSSR count). The maximum absolute atomic E-state index is 4.49. The number of rotatable bonds is 5. The summed E-state index contributed by atoms with van der Waals surface area (Å²) < 4.78 is 0. The molecule has 0 saturated heterocycles. The fourth-order valence-corrected chi connectivity index (χ4v) is 3.27. The number of hydrogen-bond acceptors (Lipinski definition) is 3. The van der Waals surface area contributed by atoms with Crippen molar-refractivity contribution < 1.29 is 0 Å². The van der Waals surface area contributed by atoms with Gasteiger partial charge in [-0.3, -0.25) is 4.99 Å². The highest BCUT2D eigenvalue weighted by atomic mass is 15.1. The minimum absolute atomic E-state index is 0.800. The molecule has 3 heteroatoms. The summed E-state index contributed by atoms with van der Waals surface area (Å²) in [6, 6.07) is 17.5. The highest BCUT2D eigenvalue weighted by molar-refractivity contribution is 6.07. The molecule has 28 heavy (non-hydrogen) atoms. The van der Waals surface area contributed by atoms with Gasteiger partial charge in [-0.2, -0.15) is 0 Å². The molecule has 144 valence electrons. The molecule has 0 heterocycles. The Kier molecular flexibility index (Phi) is 6.15. The zero-order valence-electron chi connectivity index (χ0n) is 17.5. The molecule has 0 N–H and O–H groups in total. The Morgan fingerprint density at radius 3 is 1.46 bits per heavy atom. The van der Waals surface area contributed by atoms with Crippen molar-refractivity contribution in [2.24, 2.45) is 4.99 Å². The number of nitrogens with zero attached hydrogens (tertiary/aromatic N) is 3. The first kappa shape index (κ1) is 19.7. The molecule has 0 unspecified atom stereocenters. The first-order valence-corrected chi connectivity index (χ1v) is 9.70. The molecule has 0 spiro atoms. The predicted molar refractivity (Wildman–Crippen MR) is 124 cm³/mol. The number of hydrogen-bond donors (Lipinski definition) is 0. The van der Waals surface area contributed by atoms with Gasteiger partial charge >= 0.3 is 0 Å². The Morgan fingerprint density at radius 2 is 1.11 bits per heavy atom. The average molecular weight is 372 g/mol. The van der Waals surface area contributed by atoms with E-state index in [0.29, 0.717) is 0 Å². The SMILES string of the molecule is CCN=C1C=CC(=C(c2ccc(N(C)C)cc2)c2ccc(N(C)C)cc2)C=C1. The van der Waals surface area contributed by atoms with Crippen molar-refractivity contribution >= 4 is 22.7 Å². The van der Waals surface area contributed by atoms with Crippen LogP contribution in [0.4, 0.5) is 11.4 Å². The Balaban J connectivity index is 2.09. The van der Waals surface area contributed by atoms with Gasteiger partial charge in [0.25, 0.3) is 0 Å². The van der Waals surface area contributed by atoms with E-state index < -0.39 is 0 Å². The van der Waals surface area contributed by atoms with Crippen LogP contribution in [-0.2, 0) is 0 Å². The van der Waals surface area contributed by atoms with Gasteiger partial charge in [0, 0.05) is 46.1 Å². The smallest absolute Gasteiger partial charge is 0.0574 e. The third-order valence-corrected chi connectivity index (χ3v) is 4.84. The van der Waals surface area contributed by atoms with Gasteiger partial charge < -0.3 is 9.80 Å². The van der Waals surface area contributed by atoms with Crippen LogP contribution < -0.4 is 9.80 Å². The first-order valence-electron chi connectivity index (χ1n) is 9.70. The molecule has 0 atom stereocenters. The van der Waals surface area contributed by atoms with Crippen LogP contribution in [0.5, 0.6) is 0 Å². The van der Waals surface area contributed by atoms with Crippen molar-refractivity contribution in [1.82, 2.24) is 0 Å². The lowest BCUT2D eigenvalue weighted by Crippen LogP contribution is -2.08. The second kappa shape index (κ2) is 8.75. The van der Waals surface area contributed by atoms with Crippen molar-refractivity contribution in [2.45, 2.75) is 6.92 Å². The number of allylic oxidation sites excluding steroid dienone is 5. The Hall–Kier alpha value is -3.07. The van der Waals surface area contributed by atoms with E-state index in [1.165, 1.54) is 33.6 Å². The van der Waals surface area contributed by atoms with Crippen molar-refractivity contribution in [3.63, 3.8) is 0 Å². The van der Waals surface area contributed by atoms with E-state index in [1.807, 2.05) is 0 Å². The molecule has 1 aliphatic carbocycles. The second-order valence-corrected chi connectivity index (χ2v) is 7.28. The van der Waals surface area contributed by atoms with Crippen LogP contribution in [0.15, 0.2) is 83.4 Å². The molecule has 0 aromatic heterocycles. The van der Waals surface area contributed by atoms with Crippen LogP contribution >= 0.6 is 0 Å². The number of aliphatic imine (C=N–C) groups is 1. The molecular formula is C25H29N3. The summed E-state index contributed by atoms with van der Waals surface area (Å²) in [4.78, 5) is 8.74. The summed E-state index contributed by atoms with van der Waals surface area (Å²) in [6.07, 6.45) is 8.54. The number of anilines is 2. The lowest BCUT2D eigenvalue weighted by molar-refractivity contribution is 1.13. The minimum atomic E-state index is 0.800. The van der Waals surface area contributed by atoms with Crippen LogP contribution in [0, 0.1) is 0 Å². The topological polar surface area (TPSA) is 18.8 Å². The van der Waals surface area contributed by atoms with Gasteiger partial charge in [-0.15, -0.1) is 0 Å². The van der Waals surface area contributed by atoms with Gasteiger partial charge in [-0.05, 0) is 65.6 Å². The molecule has 1 aliphatic rings. The van der Waals surface area contributed by atoms with Crippen LogP contribution in [0.2, 0.25) is 0 Å². The monoisotopic (exact) mass is 371 g/mol. The summed E-state index contributed by atoms with van der Waals surface area (Å²) in [7, 11) is 8.26. The molecule has 2 aromatic carbocycles. The quantitative estimate of drug-likeness (QED) is 0.719. The largest absolute Gasteiger partial charge is 0.378 e. The van der Waals surface area contributed by atoms with Crippen LogP contribution in [0.25, 0.3) is 5.57 Å². The highest BCUT2D eigenvalue weighted by Gasteiger charge is 2.12. The standard InChI is InChI=1S/C25H29N3/c1-6-26-22-13-7-19(8-14-22)25(20-9-15-23(16-10-20)27(2)3)21-11-17-24(18-12-21)28(4)5/h7-18H,6H2,1-5H3. The third kappa shape index (κ3) is 4.42. The van der Waals surface area contributed by atoms with Crippen molar-refractivity contribution in [2.75, 3.05) is 44.5 Å². The van der Waals surface area contributed by atoms with Gasteiger partial charge in [-0.1, -0.05) is 36.4 Å². The first-order chi connectivity index (χ1) is 13.5. The summed E-state index contributed by atoms with van der Waals surface area (Å²) in [5.41, 5.74) is 8.28. The highest BCUT2D eigenvalue weighted by Crippen LogP contribution is 2.31. The van der Waals surface area contributed by atoms with E-state index in [0.717, 1.165) is 12.3 Å². The molecule has 0 saturated carbocycles. The lowest BCUT2D eigenvalue weighted by Gasteiger charge is -2.18. The summed E-state index contributed by atoms with van der Waals surface area (Å²) in [6.45, 7) is 2.86. The summed E-state index contributed by atoms with van der Waals surface area (Å²) in [5, 5.41) is 0. The molecule has 0 bridgehead atoms. The van der Waals surface area contributed by atoms with E-state index in [4.69, 9.17) is 0 Å². The fraction of sp³-hybridized carbons (Fsp3) is 0.240. The van der Waals surface area contributed by atoms with E-state index in [9.17, 15) is 0 Å². The maximum Gasteiger partial charge on any atom is 0.0574 e. The van der Waals surface area contributed by atoms with E-state index in [2.05, 4.69) is 123 Å².